The van der Waals surface area contributed by atoms with E-state index in [-0.39, 0.29) is 0 Å². The molecule has 2 heterocycles. The number of para-hydroxylation sites is 1. The van der Waals surface area contributed by atoms with Crippen molar-refractivity contribution in [3.8, 4) is 11.3 Å². The number of aryl methyl sites for hydroxylation is 2. The van der Waals surface area contributed by atoms with Gasteiger partial charge in [-0.2, -0.15) is 0 Å². The Morgan fingerprint density at radius 2 is 1.60 bits per heavy atom. The molecule has 0 amide bonds. The number of hydrogen-bond donors (Lipinski definition) is 1. The van der Waals surface area contributed by atoms with Gasteiger partial charge in [0.1, 0.15) is 17.2 Å². The molecule has 4 rings (SSSR count). The Balaban J connectivity index is 1.96. The first-order valence-electron chi connectivity index (χ1n) is 8.20. The number of imidazole rings is 1. The highest BCUT2D eigenvalue weighted by Crippen LogP contribution is 2.36. The summed E-state index contributed by atoms with van der Waals surface area (Å²) in [5, 5.41) is 4.29. The summed E-state index contributed by atoms with van der Waals surface area (Å²) in [6.07, 6.45) is 2.01. The van der Waals surface area contributed by atoms with Crippen molar-refractivity contribution in [2.75, 3.05) is 5.32 Å². The van der Waals surface area contributed by atoms with Crippen molar-refractivity contribution in [1.29, 1.82) is 0 Å². The van der Waals surface area contributed by atoms with Gasteiger partial charge in [0.05, 0.1) is 5.02 Å². The number of anilines is 2. The van der Waals surface area contributed by atoms with Gasteiger partial charge in [-0.25, -0.2) is 4.98 Å². The highest BCUT2D eigenvalue weighted by Gasteiger charge is 2.17. The fourth-order valence-electron chi connectivity index (χ4n) is 3.09. The summed E-state index contributed by atoms with van der Waals surface area (Å²) < 4.78 is 2.06. The van der Waals surface area contributed by atoms with Gasteiger partial charge in [0, 0.05) is 17.4 Å². The van der Waals surface area contributed by atoms with Crippen LogP contribution in [0.3, 0.4) is 0 Å². The van der Waals surface area contributed by atoms with E-state index in [2.05, 4.69) is 41.8 Å². The minimum absolute atomic E-state index is 0.690. The molecule has 1 N–H and O–H groups in total. The predicted molar refractivity (Wildman–Crippen MR) is 105 cm³/mol. The van der Waals surface area contributed by atoms with Crippen LogP contribution in [0, 0.1) is 13.8 Å². The van der Waals surface area contributed by atoms with E-state index in [1.54, 1.807) is 0 Å². The molecule has 0 atom stereocenters. The second kappa shape index (κ2) is 6.26. The molecular formula is C21H18ClN3. The average molecular weight is 348 g/mol. The molecule has 0 aliphatic carbocycles. The lowest BCUT2D eigenvalue weighted by atomic mass is 10.1. The summed E-state index contributed by atoms with van der Waals surface area (Å²) in [5.74, 6) is 0.918. The second-order valence-electron chi connectivity index (χ2n) is 6.11. The molecule has 0 saturated heterocycles. The maximum Gasteiger partial charge on any atom is 0.143 e. The van der Waals surface area contributed by atoms with Crippen molar-refractivity contribution >= 4 is 28.8 Å². The maximum absolute atomic E-state index is 6.45. The molecule has 0 spiro atoms. The standard InChI is InChI=1S/C21H18ClN3/c1-14-8-7-9-15(2)19(14)24-21-20(16-10-3-4-11-17(16)22)23-18-12-5-6-13-25(18)21/h3-13,24H,1-2H3. The molecule has 4 heteroatoms. The Morgan fingerprint density at radius 3 is 2.36 bits per heavy atom. The smallest absolute Gasteiger partial charge is 0.143 e. The van der Waals surface area contributed by atoms with Crippen molar-refractivity contribution < 1.29 is 0 Å². The van der Waals surface area contributed by atoms with E-state index < -0.39 is 0 Å². The topological polar surface area (TPSA) is 29.3 Å². The first kappa shape index (κ1) is 15.7. The Kier molecular flexibility index (Phi) is 3.94. The summed E-state index contributed by atoms with van der Waals surface area (Å²) in [4.78, 5) is 4.82. The molecule has 0 saturated carbocycles. The highest BCUT2D eigenvalue weighted by molar-refractivity contribution is 6.33. The van der Waals surface area contributed by atoms with E-state index in [0.717, 1.165) is 28.4 Å². The molecule has 2 aromatic heterocycles. The fourth-order valence-corrected chi connectivity index (χ4v) is 3.31. The molecule has 2 aromatic carbocycles. The summed E-state index contributed by atoms with van der Waals surface area (Å²) in [6, 6.07) is 20.1. The molecular weight excluding hydrogens is 330 g/mol. The third-order valence-corrected chi connectivity index (χ3v) is 4.71. The van der Waals surface area contributed by atoms with E-state index in [1.807, 2.05) is 48.7 Å². The Bertz CT molecular complexity index is 1050. The number of pyridine rings is 1. The Morgan fingerprint density at radius 1 is 0.880 bits per heavy atom. The van der Waals surface area contributed by atoms with Crippen molar-refractivity contribution in [2.45, 2.75) is 13.8 Å². The van der Waals surface area contributed by atoms with Gasteiger partial charge in [-0.1, -0.05) is 54.1 Å². The van der Waals surface area contributed by atoms with Gasteiger partial charge in [-0.3, -0.25) is 4.40 Å². The predicted octanol–water partition coefficient (Wildman–Crippen LogP) is 6.02. The monoisotopic (exact) mass is 347 g/mol. The van der Waals surface area contributed by atoms with Gasteiger partial charge < -0.3 is 5.32 Å². The van der Waals surface area contributed by atoms with Crippen LogP contribution in [0.25, 0.3) is 16.9 Å². The summed E-state index contributed by atoms with van der Waals surface area (Å²) >= 11 is 6.45. The van der Waals surface area contributed by atoms with Gasteiger partial charge in [-0.15, -0.1) is 0 Å². The van der Waals surface area contributed by atoms with E-state index in [1.165, 1.54) is 11.1 Å². The van der Waals surface area contributed by atoms with E-state index in [4.69, 9.17) is 16.6 Å². The van der Waals surface area contributed by atoms with Crippen LogP contribution < -0.4 is 5.32 Å². The normalized spacial score (nSPS) is 11.0. The first-order valence-corrected chi connectivity index (χ1v) is 8.58. The van der Waals surface area contributed by atoms with Crippen molar-refractivity contribution in [3.05, 3.63) is 83.0 Å². The third-order valence-electron chi connectivity index (χ3n) is 4.38. The molecule has 124 valence electrons. The number of halogens is 1. The minimum atomic E-state index is 0.690. The molecule has 0 aliphatic heterocycles. The first-order chi connectivity index (χ1) is 12.1. The number of aromatic nitrogens is 2. The van der Waals surface area contributed by atoms with Crippen LogP contribution in [-0.2, 0) is 0 Å². The van der Waals surface area contributed by atoms with Crippen LogP contribution in [0.2, 0.25) is 5.02 Å². The zero-order chi connectivity index (χ0) is 17.4. The summed E-state index contributed by atoms with van der Waals surface area (Å²) in [6.45, 7) is 4.21. The lowest BCUT2D eigenvalue weighted by Crippen LogP contribution is -2.00. The molecule has 3 nitrogen and oxygen atoms in total. The number of fused-ring (bicyclic) bond motifs is 1. The molecule has 0 fully saturated rings. The lowest BCUT2D eigenvalue weighted by Gasteiger charge is -2.14. The number of nitrogens with one attached hydrogen (secondary N) is 1. The molecule has 0 bridgehead atoms. The molecule has 0 aliphatic rings. The minimum Gasteiger partial charge on any atom is -0.339 e. The molecule has 25 heavy (non-hydrogen) atoms. The van der Waals surface area contributed by atoms with Gasteiger partial charge in [0.15, 0.2) is 0 Å². The van der Waals surface area contributed by atoms with E-state index in [0.29, 0.717) is 5.02 Å². The van der Waals surface area contributed by atoms with Crippen LogP contribution in [0.5, 0.6) is 0 Å². The molecule has 4 aromatic rings. The third kappa shape index (κ3) is 2.77. The SMILES string of the molecule is Cc1cccc(C)c1Nc1c(-c2ccccc2Cl)nc2ccccn12. The molecule has 0 unspecified atom stereocenters. The van der Waals surface area contributed by atoms with Crippen LogP contribution in [0.1, 0.15) is 11.1 Å². The average Bonchev–Trinajstić information content (AvgIpc) is 2.97. The van der Waals surface area contributed by atoms with Gasteiger partial charge in [0.2, 0.25) is 0 Å². The Hall–Kier alpha value is -2.78. The van der Waals surface area contributed by atoms with Crippen LogP contribution in [0.15, 0.2) is 66.9 Å². The van der Waals surface area contributed by atoms with Crippen LogP contribution >= 0.6 is 11.6 Å². The van der Waals surface area contributed by atoms with Crippen LogP contribution in [0.4, 0.5) is 11.5 Å². The zero-order valence-electron chi connectivity index (χ0n) is 14.1. The van der Waals surface area contributed by atoms with Gasteiger partial charge in [0.25, 0.3) is 0 Å². The zero-order valence-corrected chi connectivity index (χ0v) is 14.9. The van der Waals surface area contributed by atoms with Crippen molar-refractivity contribution in [3.63, 3.8) is 0 Å². The highest BCUT2D eigenvalue weighted by atomic mass is 35.5. The number of hydrogen-bond acceptors (Lipinski definition) is 2. The quantitative estimate of drug-likeness (QED) is 0.491. The van der Waals surface area contributed by atoms with Gasteiger partial charge >= 0.3 is 0 Å². The summed E-state index contributed by atoms with van der Waals surface area (Å²) in [7, 11) is 0. The largest absolute Gasteiger partial charge is 0.339 e. The maximum atomic E-state index is 6.45. The van der Waals surface area contributed by atoms with Crippen molar-refractivity contribution in [1.82, 2.24) is 9.38 Å². The van der Waals surface area contributed by atoms with E-state index >= 15 is 0 Å². The van der Waals surface area contributed by atoms with Gasteiger partial charge in [-0.05, 0) is 43.2 Å². The number of benzene rings is 2. The van der Waals surface area contributed by atoms with Crippen molar-refractivity contribution in [2.24, 2.45) is 0 Å². The van der Waals surface area contributed by atoms with Crippen LogP contribution in [-0.4, -0.2) is 9.38 Å². The summed E-state index contributed by atoms with van der Waals surface area (Å²) in [5.41, 5.74) is 6.13. The Labute approximate surface area is 151 Å². The lowest BCUT2D eigenvalue weighted by molar-refractivity contribution is 1.18. The molecule has 0 radical (unpaired) electrons. The second-order valence-corrected chi connectivity index (χ2v) is 6.52. The number of nitrogens with zero attached hydrogens (tertiary/aromatic N) is 2. The fraction of sp³-hybridized carbons (Fsp3) is 0.0952. The number of rotatable bonds is 3. The van der Waals surface area contributed by atoms with E-state index in [9.17, 15) is 0 Å².